The Balaban J connectivity index is 2.85. The summed E-state index contributed by atoms with van der Waals surface area (Å²) in [5, 5.41) is 6.05. The molecule has 0 amide bonds. The summed E-state index contributed by atoms with van der Waals surface area (Å²) in [6.45, 7) is 9.40. The van der Waals surface area contributed by atoms with Gasteiger partial charge in [0.05, 0.1) is 0 Å². The van der Waals surface area contributed by atoms with E-state index in [0.717, 1.165) is 12.3 Å². The summed E-state index contributed by atoms with van der Waals surface area (Å²) in [7, 11) is 0.589. The van der Waals surface area contributed by atoms with Crippen LogP contribution in [-0.2, 0) is 0 Å². The van der Waals surface area contributed by atoms with Crippen LogP contribution in [0.5, 0.6) is 0 Å². The number of allylic oxidation sites excluding steroid dienone is 3. The van der Waals surface area contributed by atoms with Crippen LogP contribution in [0.2, 0.25) is 0 Å². The van der Waals surface area contributed by atoms with Crippen molar-refractivity contribution in [2.45, 2.75) is 65.8 Å². The predicted molar refractivity (Wildman–Crippen MR) is 114 cm³/mol. The molecule has 2 atom stereocenters. The van der Waals surface area contributed by atoms with E-state index in [4.69, 9.17) is 0 Å². The topological polar surface area (TPSA) is 12.0 Å². The molecule has 2 heteroatoms. The van der Waals surface area contributed by atoms with Crippen LogP contribution in [0.15, 0.2) is 23.3 Å². The Bertz CT molecular complexity index is 504. The maximum Gasteiger partial charge on any atom is 0.00357 e. The van der Waals surface area contributed by atoms with Gasteiger partial charge in [-0.1, -0.05) is 43.4 Å². The van der Waals surface area contributed by atoms with Gasteiger partial charge >= 0.3 is 0 Å². The number of hydrogen-bond acceptors (Lipinski definition) is 1. The van der Waals surface area contributed by atoms with Crippen LogP contribution in [0.4, 0.5) is 0 Å². The molecule has 0 saturated carbocycles. The molecule has 0 aromatic carbocycles. The fourth-order valence-corrected chi connectivity index (χ4v) is 8.49. The van der Waals surface area contributed by atoms with E-state index >= 15 is 0 Å². The zero-order valence-electron chi connectivity index (χ0n) is 16.7. The van der Waals surface area contributed by atoms with Crippen LogP contribution < -0.4 is 5.32 Å². The summed E-state index contributed by atoms with van der Waals surface area (Å²) in [5.41, 5.74) is 3.20. The average molecular weight is 340 g/mol. The van der Waals surface area contributed by atoms with Gasteiger partial charge in [0.1, 0.15) is 0 Å². The van der Waals surface area contributed by atoms with Crippen molar-refractivity contribution in [3.63, 3.8) is 0 Å². The van der Waals surface area contributed by atoms with E-state index in [-0.39, 0.29) is 0 Å². The van der Waals surface area contributed by atoms with Crippen LogP contribution in [0.25, 0.3) is 0 Å². The molecule has 0 aliphatic carbocycles. The SMILES string of the molecule is CC/C1=C(\C)C=S(C)(C)(CC(C)CCCC(C)NC)CC=CC1. The van der Waals surface area contributed by atoms with Crippen LogP contribution in [0, 0.1) is 5.92 Å². The van der Waals surface area contributed by atoms with Gasteiger partial charge in [0.25, 0.3) is 0 Å². The Morgan fingerprint density at radius 1 is 1.17 bits per heavy atom. The van der Waals surface area contributed by atoms with Gasteiger partial charge in [-0.05, 0) is 82.1 Å². The van der Waals surface area contributed by atoms with E-state index in [1.54, 1.807) is 11.1 Å². The van der Waals surface area contributed by atoms with Gasteiger partial charge in [0, 0.05) is 6.04 Å². The van der Waals surface area contributed by atoms with Crippen molar-refractivity contribution >= 4 is 14.1 Å². The van der Waals surface area contributed by atoms with Crippen molar-refractivity contribution < 1.29 is 0 Å². The van der Waals surface area contributed by atoms with Crippen molar-refractivity contribution in [1.29, 1.82) is 0 Å². The van der Waals surface area contributed by atoms with E-state index in [0.29, 0.717) is 6.04 Å². The fourth-order valence-electron chi connectivity index (χ4n) is 3.98. The largest absolute Gasteiger partial charge is 0.317 e. The Hall–Kier alpha value is -0.340. The third-order valence-electron chi connectivity index (χ3n) is 5.40. The highest BCUT2D eigenvalue weighted by atomic mass is 32.3. The smallest absolute Gasteiger partial charge is 0.00357 e. The third kappa shape index (κ3) is 6.97. The quantitative estimate of drug-likeness (QED) is 0.455. The molecule has 1 nitrogen and oxygen atoms in total. The Labute approximate surface area is 145 Å². The van der Waals surface area contributed by atoms with Crippen molar-refractivity contribution in [3.05, 3.63) is 23.3 Å². The molecule has 0 saturated heterocycles. The van der Waals surface area contributed by atoms with Crippen molar-refractivity contribution in [2.75, 3.05) is 31.1 Å². The maximum atomic E-state index is 3.35. The molecule has 0 spiro atoms. The standard InChI is InChI=1S/C21H41NS/c1-8-21-14-9-10-15-23(6,7,17-19(21)3)16-18(2)12-11-13-20(4)22-5/h9-10,17-18,20,22H,8,11-16H2,1-7H3/b10-9?,21-19-. The highest BCUT2D eigenvalue weighted by Gasteiger charge is 2.24. The van der Waals surface area contributed by atoms with Gasteiger partial charge < -0.3 is 5.32 Å². The molecule has 0 bridgehead atoms. The molecule has 0 aromatic heterocycles. The van der Waals surface area contributed by atoms with Crippen LogP contribution in [-0.4, -0.2) is 42.5 Å². The average Bonchev–Trinajstić information content (AvgIpc) is 2.44. The molecule has 2 unspecified atom stereocenters. The molecule has 0 fully saturated rings. The van der Waals surface area contributed by atoms with Crippen LogP contribution in [0.1, 0.15) is 59.8 Å². The Morgan fingerprint density at radius 3 is 2.48 bits per heavy atom. The second-order valence-electron chi connectivity index (χ2n) is 8.56. The normalized spacial score (nSPS) is 27.9. The number of hydrogen-bond donors (Lipinski definition) is 1. The van der Waals surface area contributed by atoms with Gasteiger partial charge in [-0.2, -0.15) is 0 Å². The summed E-state index contributed by atoms with van der Waals surface area (Å²) < 4.78 is 0. The van der Waals surface area contributed by atoms with Crippen LogP contribution >= 0.6 is 8.75 Å². The van der Waals surface area contributed by atoms with Gasteiger partial charge in [-0.15, -0.1) is 0 Å². The van der Waals surface area contributed by atoms with Gasteiger partial charge in [0.2, 0.25) is 0 Å². The van der Waals surface area contributed by atoms with E-state index in [1.165, 1.54) is 37.2 Å². The lowest BCUT2D eigenvalue weighted by atomic mass is 10.0. The molecular weight excluding hydrogens is 298 g/mol. The highest BCUT2D eigenvalue weighted by molar-refractivity contribution is 8.46. The summed E-state index contributed by atoms with van der Waals surface area (Å²) in [6.07, 6.45) is 16.4. The highest BCUT2D eigenvalue weighted by Crippen LogP contribution is 2.54. The first kappa shape index (κ1) is 20.7. The molecule has 0 aromatic rings. The van der Waals surface area contributed by atoms with Gasteiger partial charge in [-0.3, -0.25) is 0 Å². The van der Waals surface area contributed by atoms with Gasteiger partial charge in [0.15, 0.2) is 0 Å². The van der Waals surface area contributed by atoms with E-state index in [1.807, 2.05) is 0 Å². The third-order valence-corrected chi connectivity index (χ3v) is 9.51. The molecular formula is C21H41NS. The summed E-state index contributed by atoms with van der Waals surface area (Å²) in [6, 6.07) is 0.649. The van der Waals surface area contributed by atoms with Crippen molar-refractivity contribution in [3.8, 4) is 0 Å². The van der Waals surface area contributed by atoms with E-state index in [2.05, 4.69) is 70.1 Å². The number of rotatable bonds is 8. The molecule has 1 heterocycles. The van der Waals surface area contributed by atoms with Crippen LogP contribution in [0.3, 0.4) is 0 Å². The van der Waals surface area contributed by atoms with Crippen molar-refractivity contribution in [1.82, 2.24) is 5.32 Å². The molecule has 136 valence electrons. The first-order valence-electron chi connectivity index (χ1n) is 9.40. The number of nitrogens with one attached hydrogen (secondary N) is 1. The lowest BCUT2D eigenvalue weighted by molar-refractivity contribution is 0.482. The first-order chi connectivity index (χ1) is 10.7. The molecule has 1 aliphatic heterocycles. The van der Waals surface area contributed by atoms with E-state index in [9.17, 15) is 0 Å². The summed E-state index contributed by atoms with van der Waals surface area (Å²) in [4.78, 5) is 0. The predicted octanol–water partition coefficient (Wildman–Crippen LogP) is 5.49. The summed E-state index contributed by atoms with van der Waals surface area (Å²) in [5.74, 6) is 3.46. The lowest BCUT2D eigenvalue weighted by Crippen LogP contribution is -2.23. The first-order valence-corrected chi connectivity index (χ1v) is 12.7. The lowest BCUT2D eigenvalue weighted by Gasteiger charge is -2.45. The second kappa shape index (κ2) is 8.67. The minimum atomic E-state index is -1.48. The zero-order valence-corrected chi connectivity index (χ0v) is 17.6. The zero-order chi connectivity index (χ0) is 17.5. The molecule has 1 N–H and O–H groups in total. The fraction of sp³-hybridized carbons (Fsp3) is 0.762. The Kier molecular flexibility index (Phi) is 7.80. The van der Waals surface area contributed by atoms with E-state index < -0.39 is 8.75 Å². The molecule has 1 rings (SSSR count). The maximum absolute atomic E-state index is 3.35. The molecule has 23 heavy (non-hydrogen) atoms. The second-order valence-corrected chi connectivity index (χ2v) is 14.6. The molecule has 1 aliphatic rings. The summed E-state index contributed by atoms with van der Waals surface area (Å²) >= 11 is 0. The van der Waals surface area contributed by atoms with Crippen molar-refractivity contribution in [2.24, 2.45) is 5.92 Å². The minimum Gasteiger partial charge on any atom is -0.317 e. The monoisotopic (exact) mass is 339 g/mol. The van der Waals surface area contributed by atoms with Gasteiger partial charge in [-0.25, -0.2) is 8.75 Å². The Morgan fingerprint density at radius 2 is 1.87 bits per heavy atom. The molecule has 0 radical (unpaired) electrons. The minimum absolute atomic E-state index is 0.649.